The molecule has 0 amide bonds. The minimum absolute atomic E-state index is 0.229. The molecule has 8 heteroatoms. The highest BCUT2D eigenvalue weighted by Crippen LogP contribution is 2.22. The number of aromatic nitrogens is 2. The molecule has 2 aromatic heterocycles. The molecule has 0 aliphatic rings. The van der Waals surface area contributed by atoms with Crippen LogP contribution in [0.3, 0.4) is 0 Å². The third kappa shape index (κ3) is 4.66. The highest BCUT2D eigenvalue weighted by molar-refractivity contribution is 7.89. The van der Waals surface area contributed by atoms with Gasteiger partial charge in [0, 0.05) is 36.3 Å². The van der Waals surface area contributed by atoms with Crippen LogP contribution in [0.4, 0.5) is 0 Å². The van der Waals surface area contributed by atoms with Gasteiger partial charge in [0.05, 0.1) is 22.7 Å². The second kappa shape index (κ2) is 8.39. The standard InChI is InChI=1S/C18H19N3O3S2/c1-24-15-4-6-16(7-5-15)26(22,23)20-10-2-3-18-21-17(13-25-18)14-8-11-19-12-9-14/h4-9,11-13,20H,2-3,10H2,1H3. The van der Waals surface area contributed by atoms with Gasteiger partial charge in [-0.3, -0.25) is 4.98 Å². The fourth-order valence-corrected chi connectivity index (χ4v) is 4.29. The Kier molecular flexibility index (Phi) is 5.97. The molecule has 0 atom stereocenters. The van der Waals surface area contributed by atoms with E-state index in [4.69, 9.17) is 4.74 Å². The van der Waals surface area contributed by atoms with E-state index in [1.54, 1.807) is 43.0 Å². The first-order valence-electron chi connectivity index (χ1n) is 8.07. The maximum Gasteiger partial charge on any atom is 0.240 e. The number of nitrogens with one attached hydrogen (secondary N) is 1. The SMILES string of the molecule is COc1ccc(S(=O)(=O)NCCCc2nc(-c3ccncc3)cs2)cc1. The van der Waals surface area contributed by atoms with Gasteiger partial charge in [-0.15, -0.1) is 11.3 Å². The Morgan fingerprint density at radius 2 is 1.85 bits per heavy atom. The summed E-state index contributed by atoms with van der Waals surface area (Å²) in [5.41, 5.74) is 1.95. The van der Waals surface area contributed by atoms with Gasteiger partial charge in [0.2, 0.25) is 10.0 Å². The van der Waals surface area contributed by atoms with Crippen LogP contribution in [0.15, 0.2) is 59.1 Å². The molecule has 0 radical (unpaired) electrons. The van der Waals surface area contributed by atoms with Crippen molar-refractivity contribution in [2.75, 3.05) is 13.7 Å². The van der Waals surface area contributed by atoms with Crippen molar-refractivity contribution in [3.8, 4) is 17.0 Å². The van der Waals surface area contributed by atoms with Gasteiger partial charge in [-0.05, 0) is 42.8 Å². The number of methoxy groups -OCH3 is 1. The van der Waals surface area contributed by atoms with E-state index in [2.05, 4.69) is 14.7 Å². The summed E-state index contributed by atoms with van der Waals surface area (Å²) in [5, 5.41) is 2.99. The monoisotopic (exact) mass is 389 g/mol. The average molecular weight is 390 g/mol. The number of rotatable bonds is 8. The maximum absolute atomic E-state index is 12.3. The molecule has 3 rings (SSSR count). The van der Waals surface area contributed by atoms with E-state index in [0.717, 1.165) is 22.7 Å². The van der Waals surface area contributed by atoms with Gasteiger partial charge < -0.3 is 4.74 Å². The van der Waals surface area contributed by atoms with Crippen LogP contribution in [0.5, 0.6) is 5.75 Å². The van der Waals surface area contributed by atoms with Crippen molar-refractivity contribution in [1.82, 2.24) is 14.7 Å². The first-order valence-corrected chi connectivity index (χ1v) is 10.4. The highest BCUT2D eigenvalue weighted by atomic mass is 32.2. The third-order valence-corrected chi connectivity index (χ3v) is 6.14. The van der Waals surface area contributed by atoms with E-state index >= 15 is 0 Å². The lowest BCUT2D eigenvalue weighted by Gasteiger charge is -2.07. The zero-order valence-electron chi connectivity index (χ0n) is 14.3. The van der Waals surface area contributed by atoms with E-state index < -0.39 is 10.0 Å². The van der Waals surface area contributed by atoms with Crippen molar-refractivity contribution in [2.24, 2.45) is 0 Å². The first-order chi connectivity index (χ1) is 12.6. The summed E-state index contributed by atoms with van der Waals surface area (Å²) in [5.74, 6) is 0.623. The van der Waals surface area contributed by atoms with E-state index in [1.165, 1.54) is 12.1 Å². The van der Waals surface area contributed by atoms with Gasteiger partial charge >= 0.3 is 0 Å². The molecule has 3 aromatic rings. The normalized spacial score (nSPS) is 11.4. The molecule has 0 saturated carbocycles. The number of pyridine rings is 1. The highest BCUT2D eigenvalue weighted by Gasteiger charge is 2.13. The van der Waals surface area contributed by atoms with Gasteiger partial charge in [-0.2, -0.15) is 0 Å². The number of benzene rings is 1. The van der Waals surface area contributed by atoms with Crippen LogP contribution in [0.2, 0.25) is 0 Å². The molecule has 0 bridgehead atoms. The number of hydrogen-bond acceptors (Lipinski definition) is 6. The van der Waals surface area contributed by atoms with E-state index in [-0.39, 0.29) is 4.90 Å². The number of aryl methyl sites for hydroxylation is 1. The van der Waals surface area contributed by atoms with Crippen molar-refractivity contribution >= 4 is 21.4 Å². The zero-order valence-corrected chi connectivity index (χ0v) is 15.9. The molecular weight excluding hydrogens is 370 g/mol. The Bertz CT molecular complexity index is 939. The van der Waals surface area contributed by atoms with Crippen LogP contribution in [-0.4, -0.2) is 32.0 Å². The van der Waals surface area contributed by atoms with Gasteiger partial charge in [0.1, 0.15) is 5.75 Å². The van der Waals surface area contributed by atoms with Crippen molar-refractivity contribution in [3.05, 3.63) is 59.2 Å². The molecule has 0 spiro atoms. The largest absolute Gasteiger partial charge is 0.497 e. The number of sulfonamides is 1. The topological polar surface area (TPSA) is 81.2 Å². The average Bonchev–Trinajstić information content (AvgIpc) is 3.15. The first kappa shape index (κ1) is 18.5. The lowest BCUT2D eigenvalue weighted by Crippen LogP contribution is -2.25. The van der Waals surface area contributed by atoms with Crippen molar-refractivity contribution in [3.63, 3.8) is 0 Å². The lowest BCUT2D eigenvalue weighted by molar-refractivity contribution is 0.414. The fraction of sp³-hybridized carbons (Fsp3) is 0.222. The van der Waals surface area contributed by atoms with Gasteiger partial charge in [0.15, 0.2) is 0 Å². The van der Waals surface area contributed by atoms with Gasteiger partial charge in [-0.1, -0.05) is 0 Å². The zero-order chi connectivity index (χ0) is 18.4. The smallest absolute Gasteiger partial charge is 0.240 e. The quantitative estimate of drug-likeness (QED) is 0.599. The van der Waals surface area contributed by atoms with E-state index in [9.17, 15) is 8.42 Å². The fourth-order valence-electron chi connectivity index (χ4n) is 2.37. The molecule has 0 fully saturated rings. The molecule has 0 aliphatic carbocycles. The third-order valence-electron chi connectivity index (χ3n) is 3.76. The lowest BCUT2D eigenvalue weighted by atomic mass is 10.2. The predicted octanol–water partition coefficient (Wildman–Crippen LogP) is 3.12. The van der Waals surface area contributed by atoms with Crippen LogP contribution in [-0.2, 0) is 16.4 Å². The molecule has 26 heavy (non-hydrogen) atoms. The summed E-state index contributed by atoms with van der Waals surface area (Å²) in [7, 11) is -1.96. The van der Waals surface area contributed by atoms with E-state index in [0.29, 0.717) is 18.7 Å². The second-order valence-corrected chi connectivity index (χ2v) is 8.25. The van der Waals surface area contributed by atoms with Crippen LogP contribution < -0.4 is 9.46 Å². The summed E-state index contributed by atoms with van der Waals surface area (Å²) in [6, 6.07) is 10.2. The number of nitrogens with zero attached hydrogens (tertiary/aromatic N) is 2. The summed E-state index contributed by atoms with van der Waals surface area (Å²) >= 11 is 1.58. The van der Waals surface area contributed by atoms with Crippen LogP contribution >= 0.6 is 11.3 Å². The molecule has 1 N–H and O–H groups in total. The molecule has 6 nitrogen and oxygen atoms in total. The second-order valence-electron chi connectivity index (χ2n) is 5.54. The number of ether oxygens (including phenoxy) is 1. The number of hydrogen-bond donors (Lipinski definition) is 1. The summed E-state index contributed by atoms with van der Waals surface area (Å²) in [6.07, 6.45) is 4.88. The Morgan fingerprint density at radius 3 is 2.54 bits per heavy atom. The summed E-state index contributed by atoms with van der Waals surface area (Å²) < 4.78 is 32.2. The van der Waals surface area contributed by atoms with Crippen molar-refractivity contribution in [2.45, 2.75) is 17.7 Å². The predicted molar refractivity (Wildman–Crippen MR) is 102 cm³/mol. The van der Waals surface area contributed by atoms with Crippen molar-refractivity contribution < 1.29 is 13.2 Å². The minimum atomic E-state index is -3.51. The Balaban J connectivity index is 1.51. The molecular formula is C18H19N3O3S2. The Hall–Kier alpha value is -2.29. The van der Waals surface area contributed by atoms with Gasteiger partial charge in [-0.25, -0.2) is 18.1 Å². The summed E-state index contributed by atoms with van der Waals surface area (Å²) in [6.45, 7) is 0.360. The molecule has 1 aromatic carbocycles. The van der Waals surface area contributed by atoms with Crippen LogP contribution in [0, 0.1) is 0 Å². The van der Waals surface area contributed by atoms with Gasteiger partial charge in [0.25, 0.3) is 0 Å². The molecule has 0 unspecified atom stereocenters. The Labute approximate surface area is 157 Å². The van der Waals surface area contributed by atoms with Crippen LogP contribution in [0.1, 0.15) is 11.4 Å². The number of thiazole rings is 1. The van der Waals surface area contributed by atoms with Crippen molar-refractivity contribution in [1.29, 1.82) is 0 Å². The minimum Gasteiger partial charge on any atom is -0.497 e. The molecule has 2 heterocycles. The molecule has 136 valence electrons. The summed E-state index contributed by atoms with van der Waals surface area (Å²) in [4.78, 5) is 8.82. The molecule has 0 saturated heterocycles. The molecule has 0 aliphatic heterocycles. The Morgan fingerprint density at radius 1 is 1.12 bits per heavy atom. The van der Waals surface area contributed by atoms with Crippen LogP contribution in [0.25, 0.3) is 11.3 Å². The van der Waals surface area contributed by atoms with E-state index in [1.807, 2.05) is 17.5 Å². The maximum atomic E-state index is 12.3.